The summed E-state index contributed by atoms with van der Waals surface area (Å²) in [5.74, 6) is 0.975. The van der Waals surface area contributed by atoms with E-state index in [0.717, 1.165) is 6.42 Å². The number of aryl methyl sites for hydroxylation is 1. The molecular weight excluding hydrogens is 268 g/mol. The van der Waals surface area contributed by atoms with E-state index >= 15 is 0 Å². The molecule has 110 valence electrons. The Kier molecular flexibility index (Phi) is 4.71. The molecule has 0 saturated heterocycles. The fourth-order valence-corrected chi connectivity index (χ4v) is 2.04. The van der Waals surface area contributed by atoms with Gasteiger partial charge >= 0.3 is 0 Å². The van der Waals surface area contributed by atoms with E-state index < -0.39 is 4.92 Å². The van der Waals surface area contributed by atoms with Crippen molar-refractivity contribution < 1.29 is 4.92 Å². The van der Waals surface area contributed by atoms with E-state index in [2.05, 4.69) is 40.7 Å². The maximum atomic E-state index is 10.9. The molecule has 6 nitrogen and oxygen atoms in total. The molecule has 21 heavy (non-hydrogen) atoms. The van der Waals surface area contributed by atoms with Crippen LogP contribution < -0.4 is 10.6 Å². The van der Waals surface area contributed by atoms with Crippen molar-refractivity contribution >= 4 is 17.3 Å². The quantitative estimate of drug-likeness (QED) is 0.630. The van der Waals surface area contributed by atoms with Gasteiger partial charge in [0.25, 0.3) is 5.69 Å². The summed E-state index contributed by atoms with van der Waals surface area (Å²) in [6.07, 6.45) is 0.834. The first kappa shape index (κ1) is 14.8. The van der Waals surface area contributed by atoms with Gasteiger partial charge in [0.15, 0.2) is 0 Å². The van der Waals surface area contributed by atoms with E-state index in [1.165, 1.54) is 23.3 Å². The summed E-state index contributed by atoms with van der Waals surface area (Å²) in [6.45, 7) is 2.72. The van der Waals surface area contributed by atoms with Crippen molar-refractivity contribution in [3.63, 3.8) is 0 Å². The van der Waals surface area contributed by atoms with E-state index in [1.54, 1.807) is 7.05 Å². The molecule has 0 saturated carbocycles. The number of nitrogens with zero attached hydrogens (tertiary/aromatic N) is 2. The largest absolute Gasteiger partial charge is 0.373 e. The van der Waals surface area contributed by atoms with Gasteiger partial charge in [0.2, 0.25) is 0 Å². The minimum Gasteiger partial charge on any atom is -0.373 e. The van der Waals surface area contributed by atoms with Gasteiger partial charge < -0.3 is 10.6 Å². The van der Waals surface area contributed by atoms with Gasteiger partial charge in [-0.05, 0) is 18.9 Å². The van der Waals surface area contributed by atoms with Gasteiger partial charge in [0.05, 0.1) is 17.1 Å². The summed E-state index contributed by atoms with van der Waals surface area (Å²) in [4.78, 5) is 14.7. The van der Waals surface area contributed by atoms with Crippen LogP contribution in [0, 0.1) is 17.0 Å². The maximum absolute atomic E-state index is 10.9. The third-order valence-electron chi connectivity index (χ3n) is 3.08. The summed E-state index contributed by atoms with van der Waals surface area (Å²) in [6, 6.07) is 11.1. The summed E-state index contributed by atoms with van der Waals surface area (Å²) in [7, 11) is 1.68. The predicted octanol–water partition coefficient (Wildman–Crippen LogP) is 2.99. The van der Waals surface area contributed by atoms with Crippen LogP contribution in [-0.4, -0.2) is 23.5 Å². The molecule has 0 spiro atoms. The minimum atomic E-state index is -0.422. The highest BCUT2D eigenvalue weighted by atomic mass is 16.6. The first-order chi connectivity index (χ1) is 10.1. The molecule has 2 rings (SSSR count). The van der Waals surface area contributed by atoms with E-state index in [-0.39, 0.29) is 5.69 Å². The molecule has 0 unspecified atom stereocenters. The molecule has 2 aromatic rings. The van der Waals surface area contributed by atoms with Crippen LogP contribution in [0.3, 0.4) is 0 Å². The molecule has 1 aromatic carbocycles. The molecule has 6 heteroatoms. The summed E-state index contributed by atoms with van der Waals surface area (Å²) in [5.41, 5.74) is 2.47. The number of aromatic nitrogens is 1. The second-order valence-electron chi connectivity index (χ2n) is 4.77. The van der Waals surface area contributed by atoms with E-state index in [1.807, 2.05) is 6.07 Å². The molecule has 0 fully saturated rings. The van der Waals surface area contributed by atoms with Gasteiger partial charge in [-0.25, -0.2) is 4.98 Å². The van der Waals surface area contributed by atoms with Crippen molar-refractivity contribution in [1.29, 1.82) is 0 Å². The molecule has 0 aliphatic carbocycles. The molecule has 1 aromatic heterocycles. The zero-order valence-corrected chi connectivity index (χ0v) is 12.1. The molecule has 0 atom stereocenters. The second-order valence-corrected chi connectivity index (χ2v) is 4.77. The molecule has 1 heterocycles. The lowest BCUT2D eigenvalue weighted by molar-refractivity contribution is -0.384. The monoisotopic (exact) mass is 286 g/mol. The Morgan fingerprint density at radius 2 is 2.00 bits per heavy atom. The van der Waals surface area contributed by atoms with Gasteiger partial charge in [-0.1, -0.05) is 29.8 Å². The van der Waals surface area contributed by atoms with Crippen LogP contribution in [0.5, 0.6) is 0 Å². The van der Waals surface area contributed by atoms with Gasteiger partial charge in [-0.15, -0.1) is 0 Å². The molecule has 0 aliphatic heterocycles. The Balaban J connectivity index is 2.02. The van der Waals surface area contributed by atoms with Gasteiger partial charge in [0.1, 0.15) is 11.6 Å². The zero-order valence-electron chi connectivity index (χ0n) is 12.1. The predicted molar refractivity (Wildman–Crippen MR) is 83.8 cm³/mol. The number of benzene rings is 1. The van der Waals surface area contributed by atoms with Gasteiger partial charge in [-0.2, -0.15) is 0 Å². The Bertz CT molecular complexity index is 643. The van der Waals surface area contributed by atoms with E-state index in [9.17, 15) is 10.1 Å². The van der Waals surface area contributed by atoms with Crippen LogP contribution in [0.25, 0.3) is 0 Å². The topological polar surface area (TPSA) is 80.1 Å². The van der Waals surface area contributed by atoms with Gasteiger partial charge in [0, 0.05) is 13.6 Å². The van der Waals surface area contributed by atoms with E-state index in [4.69, 9.17) is 0 Å². The zero-order chi connectivity index (χ0) is 15.2. The van der Waals surface area contributed by atoms with Crippen molar-refractivity contribution in [1.82, 2.24) is 4.98 Å². The number of hydrogen-bond acceptors (Lipinski definition) is 5. The minimum absolute atomic E-state index is 0.0207. The van der Waals surface area contributed by atoms with Crippen LogP contribution in [0.4, 0.5) is 17.3 Å². The smallest absolute Gasteiger partial charge is 0.276 e. The average molecular weight is 286 g/mol. The lowest BCUT2D eigenvalue weighted by Gasteiger charge is -2.08. The lowest BCUT2D eigenvalue weighted by atomic mass is 10.1. The Labute approximate surface area is 123 Å². The summed E-state index contributed by atoms with van der Waals surface area (Å²) >= 11 is 0. The first-order valence-electron chi connectivity index (χ1n) is 6.72. The van der Waals surface area contributed by atoms with Crippen molar-refractivity contribution in [3.05, 3.63) is 57.6 Å². The van der Waals surface area contributed by atoms with Crippen LogP contribution in [-0.2, 0) is 6.42 Å². The number of rotatable bonds is 6. The highest BCUT2D eigenvalue weighted by Gasteiger charge is 2.10. The number of hydrogen-bond donors (Lipinski definition) is 2. The van der Waals surface area contributed by atoms with Gasteiger partial charge in [-0.3, -0.25) is 10.1 Å². The highest BCUT2D eigenvalue weighted by molar-refractivity contribution is 5.54. The Hall–Kier alpha value is -2.63. The molecule has 0 aliphatic rings. The van der Waals surface area contributed by atoms with Crippen LogP contribution in [0.15, 0.2) is 36.4 Å². The third kappa shape index (κ3) is 4.17. The molecule has 0 bridgehead atoms. The summed E-state index contributed by atoms with van der Waals surface area (Å²) < 4.78 is 0. The van der Waals surface area contributed by atoms with Crippen molar-refractivity contribution in [3.8, 4) is 0 Å². The normalized spacial score (nSPS) is 10.2. The lowest BCUT2D eigenvalue weighted by Crippen LogP contribution is -2.08. The molecule has 0 radical (unpaired) electrons. The van der Waals surface area contributed by atoms with Crippen molar-refractivity contribution in [2.75, 3.05) is 24.2 Å². The number of pyridine rings is 1. The number of anilines is 2. The fraction of sp³-hybridized carbons (Fsp3) is 0.267. The van der Waals surface area contributed by atoms with Crippen LogP contribution in [0.2, 0.25) is 0 Å². The van der Waals surface area contributed by atoms with Crippen LogP contribution in [0.1, 0.15) is 11.1 Å². The highest BCUT2D eigenvalue weighted by Crippen LogP contribution is 2.20. The maximum Gasteiger partial charge on any atom is 0.276 e. The molecular formula is C15H18N4O2. The SMILES string of the molecule is CNc1cc([N+](=O)[O-])cc(NCCc2cccc(C)c2)n1. The molecule has 2 N–H and O–H groups in total. The standard InChI is InChI=1S/C15H18N4O2/c1-11-4-3-5-12(8-11)6-7-17-15-10-13(19(20)21)9-14(16-2)18-15/h3-5,8-10H,6-7H2,1-2H3,(H2,16,17,18). The first-order valence-corrected chi connectivity index (χ1v) is 6.72. The Morgan fingerprint density at radius 3 is 2.67 bits per heavy atom. The van der Waals surface area contributed by atoms with Crippen molar-refractivity contribution in [2.45, 2.75) is 13.3 Å². The second kappa shape index (κ2) is 6.69. The third-order valence-corrected chi connectivity index (χ3v) is 3.08. The average Bonchev–Trinajstić information content (AvgIpc) is 2.47. The van der Waals surface area contributed by atoms with Crippen molar-refractivity contribution in [2.24, 2.45) is 0 Å². The molecule has 0 amide bonds. The summed E-state index contributed by atoms with van der Waals surface area (Å²) in [5, 5.41) is 16.8. The van der Waals surface area contributed by atoms with E-state index in [0.29, 0.717) is 18.2 Å². The number of nitro groups is 1. The number of nitrogens with one attached hydrogen (secondary N) is 2. The Morgan fingerprint density at radius 1 is 1.24 bits per heavy atom. The van der Waals surface area contributed by atoms with Crippen LogP contribution >= 0.6 is 0 Å². The fourth-order valence-electron chi connectivity index (χ4n) is 2.04.